The molecule has 3 heteroatoms. The number of rotatable bonds is 1. The quantitative estimate of drug-likeness (QED) is 0.815. The molecular weight excluding hydrogens is 252 g/mol. The van der Waals surface area contributed by atoms with Gasteiger partial charge in [-0.05, 0) is 42.6 Å². The lowest BCUT2D eigenvalue weighted by Gasteiger charge is -2.06. The van der Waals surface area contributed by atoms with Gasteiger partial charge < -0.3 is 10.3 Å². The third-order valence-corrected chi connectivity index (χ3v) is 3.67. The number of aromatic nitrogens is 1. The molecule has 1 atom stereocenters. The maximum absolute atomic E-state index is 3.53. The average Bonchev–Trinajstić information content (AvgIpc) is 2.83. The Morgan fingerprint density at radius 3 is 3.07 bits per heavy atom. The lowest BCUT2D eigenvalue weighted by molar-refractivity contribution is 0.769. The zero-order chi connectivity index (χ0) is 10.3. The van der Waals surface area contributed by atoms with Crippen LogP contribution >= 0.6 is 15.9 Å². The number of aromatic amines is 1. The third-order valence-electron chi connectivity index (χ3n) is 3.18. The molecule has 0 spiro atoms. The number of hydrogen-bond donors (Lipinski definition) is 2. The van der Waals surface area contributed by atoms with Crippen molar-refractivity contribution in [3.05, 3.63) is 34.4 Å². The van der Waals surface area contributed by atoms with Crippen LogP contribution in [0.5, 0.6) is 0 Å². The van der Waals surface area contributed by atoms with Crippen LogP contribution in [0.2, 0.25) is 0 Å². The summed E-state index contributed by atoms with van der Waals surface area (Å²) in [6, 6.07) is 6.42. The highest BCUT2D eigenvalue weighted by Gasteiger charge is 2.19. The largest absolute Gasteiger partial charge is 0.361 e. The topological polar surface area (TPSA) is 27.8 Å². The van der Waals surface area contributed by atoms with E-state index in [2.05, 4.69) is 50.6 Å². The van der Waals surface area contributed by atoms with Crippen LogP contribution in [0.4, 0.5) is 0 Å². The molecule has 1 aromatic carbocycles. The van der Waals surface area contributed by atoms with E-state index in [0.29, 0.717) is 5.92 Å². The molecule has 2 heterocycles. The predicted molar refractivity (Wildman–Crippen MR) is 66.2 cm³/mol. The van der Waals surface area contributed by atoms with E-state index < -0.39 is 0 Å². The molecule has 1 aromatic heterocycles. The van der Waals surface area contributed by atoms with Crippen molar-refractivity contribution in [3.63, 3.8) is 0 Å². The Labute approximate surface area is 97.2 Å². The van der Waals surface area contributed by atoms with Crippen LogP contribution in [-0.4, -0.2) is 18.1 Å². The Morgan fingerprint density at radius 2 is 2.27 bits per heavy atom. The molecule has 78 valence electrons. The van der Waals surface area contributed by atoms with Crippen molar-refractivity contribution in [1.82, 2.24) is 10.3 Å². The van der Waals surface area contributed by atoms with Crippen molar-refractivity contribution in [3.8, 4) is 0 Å². The molecule has 0 saturated carbocycles. The number of hydrogen-bond acceptors (Lipinski definition) is 1. The van der Waals surface area contributed by atoms with Crippen LogP contribution < -0.4 is 5.32 Å². The van der Waals surface area contributed by atoms with Gasteiger partial charge in [-0.25, -0.2) is 0 Å². The molecule has 2 nitrogen and oxygen atoms in total. The van der Waals surface area contributed by atoms with Gasteiger partial charge in [0.1, 0.15) is 0 Å². The monoisotopic (exact) mass is 264 g/mol. The summed E-state index contributed by atoms with van der Waals surface area (Å²) in [5.41, 5.74) is 2.69. The predicted octanol–water partition coefficient (Wildman–Crippen LogP) is 3.01. The Bertz CT molecular complexity index is 483. The molecular formula is C12H13BrN2. The van der Waals surface area contributed by atoms with Crippen LogP contribution in [0.3, 0.4) is 0 Å². The summed E-state index contributed by atoms with van der Waals surface area (Å²) < 4.78 is 1.15. The van der Waals surface area contributed by atoms with Crippen LogP contribution in [0.15, 0.2) is 28.9 Å². The summed E-state index contributed by atoms with van der Waals surface area (Å²) in [7, 11) is 0. The number of benzene rings is 1. The Hall–Kier alpha value is -0.800. The first-order valence-electron chi connectivity index (χ1n) is 5.32. The van der Waals surface area contributed by atoms with Gasteiger partial charge in [-0.3, -0.25) is 0 Å². The van der Waals surface area contributed by atoms with Gasteiger partial charge in [-0.2, -0.15) is 0 Å². The summed E-state index contributed by atoms with van der Waals surface area (Å²) in [6.07, 6.45) is 3.41. The SMILES string of the molecule is Brc1ccc2[nH]cc([C@H]3CCNC3)c2c1. The number of H-pyrrole nitrogens is 1. The standard InChI is InChI=1S/C12H13BrN2/c13-9-1-2-12-10(5-9)11(7-15-12)8-3-4-14-6-8/h1-2,5,7-8,14-15H,3-4,6H2/t8-/m0/s1. The molecule has 2 N–H and O–H groups in total. The van der Waals surface area contributed by atoms with Gasteiger partial charge in [0.15, 0.2) is 0 Å². The Morgan fingerprint density at radius 1 is 1.33 bits per heavy atom. The van der Waals surface area contributed by atoms with Crippen molar-refractivity contribution in [2.45, 2.75) is 12.3 Å². The van der Waals surface area contributed by atoms with E-state index in [4.69, 9.17) is 0 Å². The molecule has 1 aliphatic rings. The molecule has 2 aromatic rings. The second-order valence-electron chi connectivity index (χ2n) is 4.12. The fourth-order valence-electron chi connectivity index (χ4n) is 2.37. The minimum Gasteiger partial charge on any atom is -0.361 e. The van der Waals surface area contributed by atoms with E-state index in [1.54, 1.807) is 0 Å². The van der Waals surface area contributed by atoms with Crippen molar-refractivity contribution in [1.29, 1.82) is 0 Å². The van der Waals surface area contributed by atoms with E-state index in [9.17, 15) is 0 Å². The number of fused-ring (bicyclic) bond motifs is 1. The van der Waals surface area contributed by atoms with Gasteiger partial charge in [0.25, 0.3) is 0 Å². The van der Waals surface area contributed by atoms with Crippen molar-refractivity contribution in [2.75, 3.05) is 13.1 Å². The summed E-state index contributed by atoms with van der Waals surface area (Å²) in [5, 5.41) is 4.77. The Kier molecular flexibility index (Phi) is 2.29. The van der Waals surface area contributed by atoms with E-state index >= 15 is 0 Å². The summed E-state index contributed by atoms with van der Waals surface area (Å²) >= 11 is 3.53. The van der Waals surface area contributed by atoms with Gasteiger partial charge in [0, 0.05) is 28.1 Å². The first-order chi connectivity index (χ1) is 7.34. The second-order valence-corrected chi connectivity index (χ2v) is 5.04. The highest BCUT2D eigenvalue weighted by Crippen LogP contribution is 2.30. The third kappa shape index (κ3) is 1.60. The molecule has 0 aliphatic carbocycles. The van der Waals surface area contributed by atoms with E-state index in [1.165, 1.54) is 22.9 Å². The van der Waals surface area contributed by atoms with Crippen molar-refractivity contribution < 1.29 is 0 Å². The molecule has 1 saturated heterocycles. The van der Waals surface area contributed by atoms with Gasteiger partial charge in [0.05, 0.1) is 0 Å². The van der Waals surface area contributed by atoms with Gasteiger partial charge in [-0.1, -0.05) is 15.9 Å². The average molecular weight is 265 g/mol. The zero-order valence-corrected chi connectivity index (χ0v) is 9.97. The molecule has 0 amide bonds. The lowest BCUT2D eigenvalue weighted by Crippen LogP contribution is -2.07. The van der Waals surface area contributed by atoms with Gasteiger partial charge in [0.2, 0.25) is 0 Å². The molecule has 0 unspecified atom stereocenters. The van der Waals surface area contributed by atoms with Crippen LogP contribution in [0.1, 0.15) is 17.9 Å². The zero-order valence-electron chi connectivity index (χ0n) is 8.39. The summed E-state index contributed by atoms with van der Waals surface area (Å²) in [4.78, 5) is 3.34. The normalized spacial score (nSPS) is 21.3. The van der Waals surface area contributed by atoms with Gasteiger partial charge >= 0.3 is 0 Å². The fourth-order valence-corrected chi connectivity index (χ4v) is 2.73. The summed E-state index contributed by atoms with van der Waals surface area (Å²) in [5.74, 6) is 0.674. The number of nitrogens with one attached hydrogen (secondary N) is 2. The van der Waals surface area contributed by atoms with Crippen LogP contribution in [-0.2, 0) is 0 Å². The molecule has 15 heavy (non-hydrogen) atoms. The number of halogens is 1. The first-order valence-corrected chi connectivity index (χ1v) is 6.11. The molecule has 1 aliphatic heterocycles. The van der Waals surface area contributed by atoms with Crippen molar-refractivity contribution >= 4 is 26.8 Å². The minimum absolute atomic E-state index is 0.674. The highest BCUT2D eigenvalue weighted by molar-refractivity contribution is 9.10. The maximum Gasteiger partial charge on any atom is 0.0457 e. The van der Waals surface area contributed by atoms with Crippen molar-refractivity contribution in [2.24, 2.45) is 0 Å². The van der Waals surface area contributed by atoms with E-state index in [-0.39, 0.29) is 0 Å². The molecule has 3 rings (SSSR count). The maximum atomic E-state index is 3.53. The fraction of sp³-hybridized carbons (Fsp3) is 0.333. The molecule has 1 fully saturated rings. The summed E-state index contributed by atoms with van der Waals surface area (Å²) in [6.45, 7) is 2.25. The van der Waals surface area contributed by atoms with E-state index in [1.807, 2.05) is 0 Å². The Balaban J connectivity index is 2.13. The second kappa shape index (κ2) is 3.65. The lowest BCUT2D eigenvalue weighted by atomic mass is 9.98. The van der Waals surface area contributed by atoms with Gasteiger partial charge in [-0.15, -0.1) is 0 Å². The van der Waals surface area contributed by atoms with E-state index in [0.717, 1.165) is 17.6 Å². The molecule has 0 radical (unpaired) electrons. The molecule has 0 bridgehead atoms. The first kappa shape index (κ1) is 9.43. The minimum atomic E-state index is 0.674. The van der Waals surface area contributed by atoms with Crippen LogP contribution in [0.25, 0.3) is 10.9 Å². The highest BCUT2D eigenvalue weighted by atomic mass is 79.9. The van der Waals surface area contributed by atoms with Crippen LogP contribution in [0, 0.1) is 0 Å². The smallest absolute Gasteiger partial charge is 0.0457 e.